The summed E-state index contributed by atoms with van der Waals surface area (Å²) in [6.07, 6.45) is 1.72. The lowest BCUT2D eigenvalue weighted by Crippen LogP contribution is -1.98. The Balaban J connectivity index is 1.79. The molecule has 6 heteroatoms. The molecule has 4 aromatic rings. The van der Waals surface area contributed by atoms with Gasteiger partial charge in [0.25, 0.3) is 5.69 Å². The van der Waals surface area contributed by atoms with Crippen LogP contribution in [0.1, 0.15) is 16.7 Å². The van der Waals surface area contributed by atoms with Crippen LogP contribution in [0.3, 0.4) is 0 Å². The Hall–Kier alpha value is -4.14. The lowest BCUT2D eigenvalue weighted by molar-refractivity contribution is -0.384. The van der Waals surface area contributed by atoms with Gasteiger partial charge in [0.2, 0.25) is 0 Å². The Morgan fingerprint density at radius 1 is 1.03 bits per heavy atom. The van der Waals surface area contributed by atoms with Crippen molar-refractivity contribution in [3.05, 3.63) is 117 Å². The van der Waals surface area contributed by atoms with Gasteiger partial charge in [0.1, 0.15) is 12.4 Å². The number of allylic oxidation sites excluding steroid dienone is 1. The third-order valence-electron chi connectivity index (χ3n) is 5.02. The first-order valence-electron chi connectivity index (χ1n) is 9.81. The zero-order valence-electron chi connectivity index (χ0n) is 16.9. The van der Waals surface area contributed by atoms with Crippen LogP contribution in [0.25, 0.3) is 22.4 Å². The van der Waals surface area contributed by atoms with E-state index in [1.807, 2.05) is 48.5 Å². The minimum Gasteiger partial charge on any atom is -0.488 e. The lowest BCUT2D eigenvalue weighted by Gasteiger charge is -2.13. The van der Waals surface area contributed by atoms with E-state index in [1.165, 1.54) is 12.1 Å². The van der Waals surface area contributed by atoms with Gasteiger partial charge in [-0.2, -0.15) is 5.26 Å². The topological polar surface area (TPSA) is 76.2 Å². The molecule has 0 radical (unpaired) electrons. The van der Waals surface area contributed by atoms with Gasteiger partial charge in [-0.05, 0) is 46.2 Å². The van der Waals surface area contributed by atoms with Gasteiger partial charge in [-0.1, -0.05) is 66.2 Å². The quantitative estimate of drug-likeness (QED) is 0.139. The highest BCUT2D eigenvalue weighted by Crippen LogP contribution is 2.33. The number of non-ortho nitro benzene ring substituents is 1. The average Bonchev–Trinajstić information content (AvgIpc) is 2.82. The first kappa shape index (κ1) is 21.1. The number of rotatable bonds is 6. The zero-order valence-corrected chi connectivity index (χ0v) is 17.6. The van der Waals surface area contributed by atoms with Crippen LogP contribution >= 0.6 is 11.6 Å². The van der Waals surface area contributed by atoms with Crippen LogP contribution in [-0.4, -0.2) is 4.92 Å². The Labute approximate surface area is 189 Å². The summed E-state index contributed by atoms with van der Waals surface area (Å²) >= 11 is 5.96. The molecule has 0 amide bonds. The van der Waals surface area contributed by atoms with Gasteiger partial charge >= 0.3 is 0 Å². The van der Waals surface area contributed by atoms with Gasteiger partial charge in [-0.25, -0.2) is 0 Å². The van der Waals surface area contributed by atoms with E-state index < -0.39 is 4.92 Å². The van der Waals surface area contributed by atoms with Crippen LogP contribution in [0.15, 0.2) is 84.9 Å². The lowest BCUT2D eigenvalue weighted by atomic mass is 9.98. The third kappa shape index (κ3) is 4.61. The van der Waals surface area contributed by atoms with Crippen molar-refractivity contribution in [2.75, 3.05) is 0 Å². The average molecular weight is 441 g/mol. The minimum atomic E-state index is -0.475. The maximum absolute atomic E-state index is 11.2. The molecular weight excluding hydrogens is 424 g/mol. The molecule has 5 nitrogen and oxygen atoms in total. The molecule has 0 aliphatic rings. The smallest absolute Gasteiger partial charge is 0.270 e. The molecule has 4 rings (SSSR count). The Bertz CT molecular complexity index is 1370. The van der Waals surface area contributed by atoms with Crippen LogP contribution in [-0.2, 0) is 6.61 Å². The second kappa shape index (κ2) is 9.34. The van der Waals surface area contributed by atoms with Crippen LogP contribution in [0.4, 0.5) is 5.69 Å². The number of fused-ring (bicyclic) bond motifs is 1. The molecule has 0 aliphatic heterocycles. The highest BCUT2D eigenvalue weighted by molar-refractivity contribution is 6.30. The minimum absolute atomic E-state index is 0.0687. The van der Waals surface area contributed by atoms with Crippen molar-refractivity contribution in [1.82, 2.24) is 0 Å². The van der Waals surface area contributed by atoms with Gasteiger partial charge in [-0.3, -0.25) is 10.1 Å². The molecule has 156 valence electrons. The van der Waals surface area contributed by atoms with Crippen molar-refractivity contribution in [2.45, 2.75) is 6.61 Å². The number of ether oxygens (including phenoxy) is 1. The highest BCUT2D eigenvalue weighted by atomic mass is 35.5. The molecule has 4 aromatic carbocycles. The van der Waals surface area contributed by atoms with Crippen LogP contribution in [0.2, 0.25) is 5.02 Å². The zero-order chi connectivity index (χ0) is 22.5. The summed E-state index contributed by atoms with van der Waals surface area (Å²) in [5.41, 5.74) is 2.40. The molecule has 0 unspecified atom stereocenters. The van der Waals surface area contributed by atoms with E-state index in [1.54, 1.807) is 30.3 Å². The standard InChI is InChI=1S/C26H17ClN2O3/c27-22-11-8-18(9-12-22)17-32-26-13-10-19-4-1-2-7-24(19)25(26)15-21(16-28)20-5-3-6-23(14-20)29(30)31/h1-15H,17H2. The summed E-state index contributed by atoms with van der Waals surface area (Å²) < 4.78 is 6.11. The fourth-order valence-electron chi connectivity index (χ4n) is 3.40. The van der Waals surface area contributed by atoms with Crippen molar-refractivity contribution in [2.24, 2.45) is 0 Å². The Kier molecular flexibility index (Phi) is 6.16. The van der Waals surface area contributed by atoms with E-state index in [0.29, 0.717) is 28.5 Å². The summed E-state index contributed by atoms with van der Waals surface area (Å²) in [6.45, 7) is 0.328. The van der Waals surface area contributed by atoms with E-state index in [4.69, 9.17) is 16.3 Å². The summed E-state index contributed by atoms with van der Waals surface area (Å²) in [5.74, 6) is 0.608. The molecule has 0 bridgehead atoms. The fourth-order valence-corrected chi connectivity index (χ4v) is 3.53. The fraction of sp³-hybridized carbons (Fsp3) is 0.0385. The number of nitro benzene ring substituents is 1. The monoisotopic (exact) mass is 440 g/mol. The van der Waals surface area contributed by atoms with E-state index in [-0.39, 0.29) is 5.69 Å². The molecule has 0 saturated heterocycles. The predicted octanol–water partition coefficient (Wildman–Crippen LogP) is 7.04. The third-order valence-corrected chi connectivity index (χ3v) is 5.27. The number of nitriles is 1. The SMILES string of the molecule is N#CC(=Cc1c(OCc2ccc(Cl)cc2)ccc2ccccc12)c1cccc([N+](=O)[O-])c1. The summed E-state index contributed by atoms with van der Waals surface area (Å²) in [7, 11) is 0. The largest absolute Gasteiger partial charge is 0.488 e. The molecule has 0 atom stereocenters. The van der Waals surface area contributed by atoms with Crippen molar-refractivity contribution in [3.8, 4) is 11.8 Å². The molecular formula is C26H17ClN2O3. The van der Waals surface area contributed by atoms with Gasteiger partial charge in [-0.15, -0.1) is 0 Å². The van der Waals surface area contributed by atoms with Gasteiger partial charge in [0.15, 0.2) is 0 Å². The van der Waals surface area contributed by atoms with Crippen molar-refractivity contribution < 1.29 is 9.66 Å². The maximum Gasteiger partial charge on any atom is 0.270 e. The number of hydrogen-bond acceptors (Lipinski definition) is 4. The molecule has 0 spiro atoms. The first-order chi connectivity index (χ1) is 15.5. The summed E-state index contributed by atoms with van der Waals surface area (Å²) in [5, 5.41) is 23.6. The number of halogens is 1. The second-order valence-electron chi connectivity index (χ2n) is 7.09. The summed E-state index contributed by atoms with van der Waals surface area (Å²) in [4.78, 5) is 10.7. The number of nitro groups is 1. The van der Waals surface area contributed by atoms with Crippen molar-refractivity contribution >= 4 is 39.7 Å². The van der Waals surface area contributed by atoms with Crippen molar-refractivity contribution in [1.29, 1.82) is 5.26 Å². The van der Waals surface area contributed by atoms with Gasteiger partial charge in [0.05, 0.1) is 16.6 Å². The highest BCUT2D eigenvalue weighted by Gasteiger charge is 2.12. The first-order valence-corrected chi connectivity index (χ1v) is 10.2. The van der Waals surface area contributed by atoms with E-state index in [0.717, 1.165) is 21.9 Å². The van der Waals surface area contributed by atoms with Crippen LogP contribution in [0.5, 0.6) is 5.75 Å². The number of benzene rings is 4. The summed E-state index contributed by atoms with van der Waals surface area (Å²) in [6, 6.07) is 27.2. The normalized spacial score (nSPS) is 11.2. The number of hydrogen-bond donors (Lipinski definition) is 0. The van der Waals surface area contributed by atoms with E-state index >= 15 is 0 Å². The van der Waals surface area contributed by atoms with Crippen LogP contribution < -0.4 is 4.74 Å². The van der Waals surface area contributed by atoms with E-state index in [2.05, 4.69) is 6.07 Å². The molecule has 0 aromatic heterocycles. The molecule has 0 N–H and O–H groups in total. The van der Waals surface area contributed by atoms with Crippen molar-refractivity contribution in [3.63, 3.8) is 0 Å². The molecule has 0 saturated carbocycles. The Morgan fingerprint density at radius 3 is 2.56 bits per heavy atom. The van der Waals surface area contributed by atoms with Gasteiger partial charge in [0, 0.05) is 22.7 Å². The molecule has 0 heterocycles. The predicted molar refractivity (Wildman–Crippen MR) is 126 cm³/mol. The van der Waals surface area contributed by atoms with Crippen LogP contribution in [0, 0.1) is 21.4 Å². The van der Waals surface area contributed by atoms with Gasteiger partial charge < -0.3 is 4.74 Å². The Morgan fingerprint density at radius 2 is 1.81 bits per heavy atom. The number of nitrogens with zero attached hydrogens (tertiary/aromatic N) is 2. The van der Waals surface area contributed by atoms with E-state index in [9.17, 15) is 15.4 Å². The second-order valence-corrected chi connectivity index (χ2v) is 7.53. The maximum atomic E-state index is 11.2. The molecule has 0 fully saturated rings. The molecule has 32 heavy (non-hydrogen) atoms. The molecule has 0 aliphatic carbocycles.